The summed E-state index contributed by atoms with van der Waals surface area (Å²) in [5, 5.41) is 3.79. The second-order valence-electron chi connectivity index (χ2n) is 5.38. The fraction of sp³-hybridized carbons (Fsp3) is 0.235. The van der Waals surface area contributed by atoms with E-state index in [1.807, 2.05) is 30.3 Å². The lowest BCUT2D eigenvalue weighted by atomic mass is 10.1. The number of amides is 1. The molecule has 0 saturated carbocycles. The first-order valence-corrected chi connectivity index (χ1v) is 9.52. The average Bonchev–Trinajstić information content (AvgIpc) is 2.59. The van der Waals surface area contributed by atoms with Crippen LogP contribution >= 0.6 is 0 Å². The van der Waals surface area contributed by atoms with E-state index in [4.69, 9.17) is 0 Å². The topological polar surface area (TPSA) is 91.7 Å². The Morgan fingerprint density at radius 3 is 2.56 bits per heavy atom. The van der Waals surface area contributed by atoms with E-state index in [2.05, 4.69) is 15.5 Å². The average molecular weight is 360 g/mol. The van der Waals surface area contributed by atoms with Gasteiger partial charge >= 0.3 is 0 Å². The molecular weight excluding hydrogens is 340 g/mol. The highest BCUT2D eigenvalue weighted by Crippen LogP contribution is 2.04. The van der Waals surface area contributed by atoms with Crippen LogP contribution < -0.4 is 5.43 Å². The largest absolute Gasteiger partial charge is 0.272 e. The predicted octanol–water partition coefficient (Wildman–Crippen LogP) is 1.04. The van der Waals surface area contributed by atoms with Crippen LogP contribution in [0.4, 0.5) is 0 Å². The molecule has 0 spiro atoms. The maximum atomic E-state index is 12.0. The highest BCUT2D eigenvalue weighted by molar-refractivity contribution is 7.88. The summed E-state index contributed by atoms with van der Waals surface area (Å²) in [7, 11) is -3.50. The van der Waals surface area contributed by atoms with Crippen LogP contribution in [0.2, 0.25) is 0 Å². The van der Waals surface area contributed by atoms with Crippen LogP contribution in [0.5, 0.6) is 0 Å². The number of nitrogens with zero attached hydrogens (tertiary/aromatic N) is 3. The van der Waals surface area contributed by atoms with Gasteiger partial charge in [-0.1, -0.05) is 36.4 Å². The molecular formula is C17H20N4O3S. The lowest BCUT2D eigenvalue weighted by molar-refractivity contribution is -0.121. The molecule has 1 N–H and O–H groups in total. The maximum Gasteiger partial charge on any atom is 0.255 e. The lowest BCUT2D eigenvalue weighted by Gasteiger charge is -2.18. The van der Waals surface area contributed by atoms with Crippen LogP contribution in [0.1, 0.15) is 11.3 Å². The van der Waals surface area contributed by atoms with Crippen LogP contribution in [-0.2, 0) is 21.2 Å². The van der Waals surface area contributed by atoms with Gasteiger partial charge in [0.25, 0.3) is 5.91 Å². The number of hydrazone groups is 1. The van der Waals surface area contributed by atoms with E-state index in [1.54, 1.807) is 24.4 Å². The molecule has 1 heterocycles. The number of sulfonamides is 1. The minimum absolute atomic E-state index is 0.222. The maximum absolute atomic E-state index is 12.0. The number of rotatable bonds is 8. The summed E-state index contributed by atoms with van der Waals surface area (Å²) in [6, 6.07) is 14.8. The van der Waals surface area contributed by atoms with Gasteiger partial charge in [0.15, 0.2) is 0 Å². The molecule has 0 aliphatic rings. The summed E-state index contributed by atoms with van der Waals surface area (Å²) < 4.78 is 24.9. The Kier molecular flexibility index (Phi) is 6.79. The van der Waals surface area contributed by atoms with Gasteiger partial charge in [0, 0.05) is 12.7 Å². The molecule has 8 heteroatoms. The number of hydrogen-bond acceptors (Lipinski definition) is 5. The van der Waals surface area contributed by atoms with E-state index in [-0.39, 0.29) is 13.1 Å². The molecule has 0 unspecified atom stereocenters. The van der Waals surface area contributed by atoms with Crippen molar-refractivity contribution in [1.29, 1.82) is 0 Å². The van der Waals surface area contributed by atoms with Crippen molar-refractivity contribution >= 4 is 22.1 Å². The molecule has 1 aromatic heterocycles. The Morgan fingerprint density at radius 2 is 1.92 bits per heavy atom. The summed E-state index contributed by atoms with van der Waals surface area (Å²) in [4.78, 5) is 16.0. The zero-order valence-corrected chi connectivity index (χ0v) is 14.7. The van der Waals surface area contributed by atoms with Crippen molar-refractivity contribution in [3.63, 3.8) is 0 Å². The Morgan fingerprint density at radius 1 is 1.20 bits per heavy atom. The van der Waals surface area contributed by atoms with Gasteiger partial charge in [0.2, 0.25) is 10.0 Å². The van der Waals surface area contributed by atoms with Gasteiger partial charge in [-0.15, -0.1) is 0 Å². The number of nitrogens with one attached hydrogen (secondary N) is 1. The molecule has 0 aliphatic carbocycles. The Bertz CT molecular complexity index is 808. The minimum Gasteiger partial charge on any atom is -0.272 e. The van der Waals surface area contributed by atoms with Gasteiger partial charge < -0.3 is 0 Å². The Balaban J connectivity index is 1.90. The van der Waals surface area contributed by atoms with Crippen molar-refractivity contribution in [2.75, 3.05) is 19.3 Å². The Labute approximate surface area is 147 Å². The molecule has 0 aliphatic heterocycles. The van der Waals surface area contributed by atoms with E-state index in [0.717, 1.165) is 16.1 Å². The lowest BCUT2D eigenvalue weighted by Crippen LogP contribution is -2.40. The third kappa shape index (κ3) is 6.82. The monoisotopic (exact) mass is 360 g/mol. The van der Waals surface area contributed by atoms with Crippen molar-refractivity contribution in [2.45, 2.75) is 6.42 Å². The molecule has 0 fully saturated rings. The van der Waals surface area contributed by atoms with Gasteiger partial charge in [-0.05, 0) is 24.1 Å². The highest BCUT2D eigenvalue weighted by Gasteiger charge is 2.19. The number of pyridine rings is 1. The first-order chi connectivity index (χ1) is 11.9. The molecule has 2 rings (SSSR count). The molecule has 0 radical (unpaired) electrons. The number of benzene rings is 1. The van der Waals surface area contributed by atoms with Crippen LogP contribution in [0.3, 0.4) is 0 Å². The van der Waals surface area contributed by atoms with Crippen molar-refractivity contribution in [3.05, 3.63) is 66.0 Å². The molecule has 1 amide bonds. The summed E-state index contributed by atoms with van der Waals surface area (Å²) in [5.74, 6) is -0.509. The van der Waals surface area contributed by atoms with Crippen LogP contribution in [0, 0.1) is 0 Å². The molecule has 0 saturated heterocycles. The van der Waals surface area contributed by atoms with E-state index >= 15 is 0 Å². The second kappa shape index (κ2) is 9.05. The van der Waals surface area contributed by atoms with Gasteiger partial charge in [0.05, 0.1) is 24.7 Å². The number of carbonyl (C=O) groups is 1. The quantitative estimate of drug-likeness (QED) is 0.562. The van der Waals surface area contributed by atoms with Gasteiger partial charge in [-0.2, -0.15) is 9.41 Å². The second-order valence-corrected chi connectivity index (χ2v) is 7.36. The molecule has 0 atom stereocenters. The van der Waals surface area contributed by atoms with E-state index in [0.29, 0.717) is 12.1 Å². The molecule has 1 aromatic carbocycles. The van der Waals surface area contributed by atoms with Gasteiger partial charge in [-0.3, -0.25) is 9.78 Å². The fourth-order valence-electron chi connectivity index (χ4n) is 2.08. The third-order valence-electron chi connectivity index (χ3n) is 3.36. The molecule has 0 bridgehead atoms. The van der Waals surface area contributed by atoms with Gasteiger partial charge in [-0.25, -0.2) is 13.8 Å². The molecule has 7 nitrogen and oxygen atoms in total. The van der Waals surface area contributed by atoms with Crippen LogP contribution in [-0.4, -0.2) is 49.2 Å². The predicted molar refractivity (Wildman–Crippen MR) is 96.5 cm³/mol. The van der Waals surface area contributed by atoms with E-state index in [9.17, 15) is 13.2 Å². The zero-order chi connectivity index (χ0) is 18.1. The standard InChI is InChI=1S/C17H20N4O3S/c1-25(23,24)21(12-10-15-7-3-2-4-8-15)14-17(22)20-19-13-16-9-5-6-11-18-16/h2-9,11,13H,10,12,14H2,1H3,(H,20,22). The number of hydrogen-bond donors (Lipinski definition) is 1. The summed E-state index contributed by atoms with van der Waals surface area (Å²) in [5.41, 5.74) is 3.91. The summed E-state index contributed by atoms with van der Waals surface area (Å²) in [6.07, 6.45) is 4.62. The fourth-order valence-corrected chi connectivity index (χ4v) is 2.85. The van der Waals surface area contributed by atoms with Crippen molar-refractivity contribution in [2.24, 2.45) is 5.10 Å². The summed E-state index contributed by atoms with van der Waals surface area (Å²) in [6.45, 7) is -0.0640. The zero-order valence-electron chi connectivity index (χ0n) is 13.9. The molecule has 25 heavy (non-hydrogen) atoms. The van der Waals surface area contributed by atoms with Crippen LogP contribution in [0.15, 0.2) is 59.8 Å². The van der Waals surface area contributed by atoms with E-state index < -0.39 is 15.9 Å². The van der Waals surface area contributed by atoms with Crippen molar-refractivity contribution in [1.82, 2.24) is 14.7 Å². The van der Waals surface area contributed by atoms with Gasteiger partial charge in [0.1, 0.15) is 0 Å². The normalized spacial score (nSPS) is 11.8. The highest BCUT2D eigenvalue weighted by atomic mass is 32.2. The first kappa shape index (κ1) is 18.8. The smallest absolute Gasteiger partial charge is 0.255 e. The van der Waals surface area contributed by atoms with Crippen molar-refractivity contribution < 1.29 is 13.2 Å². The SMILES string of the molecule is CS(=O)(=O)N(CCc1ccccc1)CC(=O)NN=Cc1ccccn1. The van der Waals surface area contributed by atoms with E-state index in [1.165, 1.54) is 6.21 Å². The molecule has 2 aromatic rings. The summed E-state index contributed by atoms with van der Waals surface area (Å²) >= 11 is 0. The Hall–Kier alpha value is -2.58. The molecule has 132 valence electrons. The van der Waals surface area contributed by atoms with Crippen LogP contribution in [0.25, 0.3) is 0 Å². The van der Waals surface area contributed by atoms with Crippen molar-refractivity contribution in [3.8, 4) is 0 Å². The number of carbonyl (C=O) groups excluding carboxylic acids is 1. The minimum atomic E-state index is -3.50. The first-order valence-electron chi connectivity index (χ1n) is 7.67. The third-order valence-corrected chi connectivity index (χ3v) is 4.61. The number of aromatic nitrogens is 1.